The van der Waals surface area contributed by atoms with Gasteiger partial charge in [-0.05, 0) is 19.1 Å². The predicted octanol–water partition coefficient (Wildman–Crippen LogP) is 2.99. The fraction of sp³-hybridized carbons (Fsp3) is 0.214. The first-order valence-electron chi connectivity index (χ1n) is 6.60. The number of hydrogen-bond donors (Lipinski definition) is 1. The summed E-state index contributed by atoms with van der Waals surface area (Å²) in [5.41, 5.74) is 0.399. The van der Waals surface area contributed by atoms with Crippen LogP contribution in [0.2, 0.25) is 0 Å². The fourth-order valence-corrected chi connectivity index (χ4v) is 2.20. The summed E-state index contributed by atoms with van der Waals surface area (Å²) in [6.07, 6.45) is -4.66. The number of anilines is 1. The Balaban J connectivity index is 1.93. The van der Waals surface area contributed by atoms with Crippen molar-refractivity contribution in [3.63, 3.8) is 0 Å². The fourth-order valence-electron chi connectivity index (χ4n) is 2.20. The van der Waals surface area contributed by atoms with Crippen molar-refractivity contribution in [3.8, 4) is 0 Å². The summed E-state index contributed by atoms with van der Waals surface area (Å²) in [5, 5.41) is 5.95. The minimum Gasteiger partial charge on any atom is -0.360 e. The Hall–Kier alpha value is -2.84. The number of aryl methyl sites for hydroxylation is 1. The maximum atomic E-state index is 13.1. The Morgan fingerprint density at radius 3 is 2.74 bits per heavy atom. The van der Waals surface area contributed by atoms with E-state index < -0.39 is 24.5 Å². The van der Waals surface area contributed by atoms with Crippen LogP contribution in [0.5, 0.6) is 0 Å². The molecule has 23 heavy (non-hydrogen) atoms. The topological polar surface area (TPSA) is 73.0 Å². The van der Waals surface area contributed by atoms with Gasteiger partial charge in [0.25, 0.3) is 0 Å². The summed E-state index contributed by atoms with van der Waals surface area (Å²) >= 11 is 0. The number of nitrogens with one attached hydrogen (secondary N) is 1. The minimum absolute atomic E-state index is 0.144. The highest BCUT2D eigenvalue weighted by Crippen LogP contribution is 2.31. The molecule has 0 fully saturated rings. The van der Waals surface area contributed by atoms with Gasteiger partial charge in [0.15, 0.2) is 5.82 Å². The lowest BCUT2D eigenvalue weighted by Gasteiger charge is -2.10. The van der Waals surface area contributed by atoms with E-state index in [1.165, 1.54) is 18.2 Å². The number of benzene rings is 1. The molecule has 2 aromatic heterocycles. The van der Waals surface area contributed by atoms with Gasteiger partial charge in [0.05, 0.1) is 11.0 Å². The number of aromatic nitrogens is 3. The van der Waals surface area contributed by atoms with E-state index in [4.69, 9.17) is 4.52 Å². The van der Waals surface area contributed by atoms with Gasteiger partial charge in [0.2, 0.25) is 11.7 Å². The van der Waals surface area contributed by atoms with Crippen molar-refractivity contribution in [3.05, 3.63) is 41.9 Å². The number of imidazole rings is 1. The number of nitrogens with zero attached hydrogens (tertiary/aromatic N) is 3. The molecule has 0 saturated carbocycles. The van der Waals surface area contributed by atoms with Gasteiger partial charge in [-0.25, -0.2) is 4.98 Å². The number of carbonyl (C=O) groups excluding carboxylic acids is 1. The maximum Gasteiger partial charge on any atom is 0.449 e. The van der Waals surface area contributed by atoms with Crippen LogP contribution in [0.15, 0.2) is 34.9 Å². The van der Waals surface area contributed by atoms with Crippen molar-refractivity contribution in [2.45, 2.75) is 19.6 Å². The second-order valence-electron chi connectivity index (χ2n) is 4.88. The lowest BCUT2D eigenvalue weighted by Crippen LogP contribution is -2.23. The van der Waals surface area contributed by atoms with Gasteiger partial charge in [-0.15, -0.1) is 0 Å². The van der Waals surface area contributed by atoms with E-state index in [1.54, 1.807) is 19.1 Å². The van der Waals surface area contributed by atoms with Gasteiger partial charge in [-0.2, -0.15) is 13.2 Å². The van der Waals surface area contributed by atoms with Crippen molar-refractivity contribution >= 4 is 22.8 Å². The van der Waals surface area contributed by atoms with Gasteiger partial charge >= 0.3 is 6.18 Å². The second kappa shape index (κ2) is 5.41. The second-order valence-corrected chi connectivity index (χ2v) is 4.88. The quantitative estimate of drug-likeness (QED) is 0.804. The molecule has 0 radical (unpaired) electrons. The highest BCUT2D eigenvalue weighted by molar-refractivity contribution is 5.90. The molecule has 0 atom stereocenters. The summed E-state index contributed by atoms with van der Waals surface area (Å²) < 4.78 is 45.0. The summed E-state index contributed by atoms with van der Waals surface area (Å²) in [7, 11) is 0. The van der Waals surface area contributed by atoms with Crippen LogP contribution in [0.1, 0.15) is 11.6 Å². The third-order valence-corrected chi connectivity index (χ3v) is 3.11. The molecule has 0 unspecified atom stereocenters. The van der Waals surface area contributed by atoms with Crippen LogP contribution in [-0.4, -0.2) is 20.6 Å². The summed E-state index contributed by atoms with van der Waals surface area (Å²) in [4.78, 5) is 15.6. The number of carbonyl (C=O) groups is 1. The Labute approximate surface area is 127 Å². The maximum absolute atomic E-state index is 13.1. The van der Waals surface area contributed by atoms with Crippen LogP contribution in [0.3, 0.4) is 0 Å². The van der Waals surface area contributed by atoms with Crippen molar-refractivity contribution in [2.75, 3.05) is 5.32 Å². The summed E-state index contributed by atoms with van der Waals surface area (Å²) in [6, 6.07) is 7.57. The van der Waals surface area contributed by atoms with Gasteiger partial charge in [0, 0.05) is 6.07 Å². The van der Waals surface area contributed by atoms with Crippen molar-refractivity contribution < 1.29 is 22.5 Å². The van der Waals surface area contributed by atoms with E-state index in [9.17, 15) is 18.0 Å². The first kappa shape index (κ1) is 15.1. The molecular formula is C14H11F3N4O2. The third-order valence-electron chi connectivity index (χ3n) is 3.11. The molecule has 0 saturated heterocycles. The van der Waals surface area contributed by atoms with Crippen molar-refractivity contribution in [1.29, 1.82) is 0 Å². The zero-order chi connectivity index (χ0) is 16.6. The molecule has 3 rings (SSSR count). The number of fused-ring (bicyclic) bond motifs is 1. The summed E-state index contributed by atoms with van der Waals surface area (Å²) in [6.45, 7) is 1.09. The van der Waals surface area contributed by atoms with E-state index in [2.05, 4.69) is 15.5 Å². The van der Waals surface area contributed by atoms with Crippen LogP contribution < -0.4 is 5.32 Å². The number of halogens is 3. The van der Waals surface area contributed by atoms with E-state index in [0.29, 0.717) is 5.76 Å². The third kappa shape index (κ3) is 3.03. The molecule has 1 amide bonds. The van der Waals surface area contributed by atoms with E-state index >= 15 is 0 Å². The van der Waals surface area contributed by atoms with Crippen molar-refractivity contribution in [1.82, 2.24) is 14.7 Å². The van der Waals surface area contributed by atoms with Crippen LogP contribution in [0, 0.1) is 6.92 Å². The molecule has 0 bridgehead atoms. The molecule has 1 aromatic carbocycles. The Morgan fingerprint density at radius 2 is 2.09 bits per heavy atom. The first-order chi connectivity index (χ1) is 10.8. The smallest absolute Gasteiger partial charge is 0.360 e. The normalized spacial score (nSPS) is 11.8. The van der Waals surface area contributed by atoms with Crippen LogP contribution in [0.4, 0.5) is 19.0 Å². The zero-order valence-corrected chi connectivity index (χ0v) is 11.9. The lowest BCUT2D eigenvalue weighted by atomic mass is 10.3. The number of amides is 1. The van der Waals surface area contributed by atoms with Crippen LogP contribution >= 0.6 is 0 Å². The number of hydrogen-bond acceptors (Lipinski definition) is 4. The van der Waals surface area contributed by atoms with E-state index in [1.807, 2.05) is 0 Å². The molecule has 0 aliphatic rings. The Morgan fingerprint density at radius 1 is 1.35 bits per heavy atom. The molecule has 120 valence electrons. The minimum atomic E-state index is -4.66. The molecule has 0 aliphatic heterocycles. The van der Waals surface area contributed by atoms with Crippen molar-refractivity contribution in [2.24, 2.45) is 0 Å². The summed E-state index contributed by atoms with van der Waals surface area (Å²) in [5.74, 6) is -1.16. The highest BCUT2D eigenvalue weighted by atomic mass is 19.4. The number of alkyl halides is 3. The highest BCUT2D eigenvalue weighted by Gasteiger charge is 2.38. The van der Waals surface area contributed by atoms with Gasteiger partial charge < -0.3 is 14.4 Å². The molecule has 0 spiro atoms. The molecule has 3 aromatic rings. The largest absolute Gasteiger partial charge is 0.449 e. The average molecular weight is 324 g/mol. The Bertz CT molecular complexity index is 866. The van der Waals surface area contributed by atoms with Gasteiger partial charge in [0.1, 0.15) is 12.3 Å². The average Bonchev–Trinajstić information content (AvgIpc) is 3.03. The standard InChI is InChI=1S/C14H11F3N4O2/c1-8-6-11(20-23-8)19-12(22)7-21-10-5-3-2-4-9(10)18-13(21)14(15,16)17/h2-6H,7H2,1H3,(H,19,20,22). The molecule has 1 N–H and O–H groups in total. The Kier molecular flexibility index (Phi) is 3.55. The van der Waals surface area contributed by atoms with Gasteiger partial charge in [-0.1, -0.05) is 17.3 Å². The van der Waals surface area contributed by atoms with Crippen LogP contribution in [-0.2, 0) is 17.5 Å². The predicted molar refractivity (Wildman–Crippen MR) is 74.6 cm³/mol. The number of rotatable bonds is 3. The molecule has 6 nitrogen and oxygen atoms in total. The first-order valence-corrected chi connectivity index (χ1v) is 6.60. The molecule has 2 heterocycles. The lowest BCUT2D eigenvalue weighted by molar-refractivity contribution is -0.147. The van der Waals surface area contributed by atoms with E-state index in [0.717, 1.165) is 4.57 Å². The SMILES string of the molecule is Cc1cc(NC(=O)Cn2c(C(F)(F)F)nc3ccccc32)no1. The number of para-hydroxylation sites is 2. The molecular weight excluding hydrogens is 313 g/mol. The van der Waals surface area contributed by atoms with E-state index in [-0.39, 0.29) is 16.9 Å². The molecule has 0 aliphatic carbocycles. The monoisotopic (exact) mass is 324 g/mol. The zero-order valence-electron chi connectivity index (χ0n) is 11.9. The van der Waals surface area contributed by atoms with Crippen LogP contribution in [0.25, 0.3) is 11.0 Å². The molecule has 9 heteroatoms. The van der Waals surface area contributed by atoms with Gasteiger partial charge in [-0.3, -0.25) is 4.79 Å².